The summed E-state index contributed by atoms with van der Waals surface area (Å²) >= 11 is 6.22. The predicted molar refractivity (Wildman–Crippen MR) is 94.2 cm³/mol. The molecule has 1 aliphatic rings. The van der Waals surface area contributed by atoms with Crippen LogP contribution in [0.4, 0.5) is 5.69 Å². The second-order valence-corrected chi connectivity index (χ2v) is 6.67. The number of rotatable bonds is 3. The zero-order chi connectivity index (χ0) is 16.8. The molecule has 24 heavy (non-hydrogen) atoms. The maximum absolute atomic E-state index is 12.5. The summed E-state index contributed by atoms with van der Waals surface area (Å²) in [6, 6.07) is 9.65. The molecule has 0 radical (unpaired) electrons. The smallest absolute Gasteiger partial charge is 0.228 e. The van der Waals surface area contributed by atoms with Crippen LogP contribution in [0.15, 0.2) is 36.5 Å². The van der Waals surface area contributed by atoms with E-state index in [1.807, 2.05) is 44.3 Å². The highest BCUT2D eigenvalue weighted by Crippen LogP contribution is 2.50. The number of benzene rings is 1. The molecule has 5 nitrogen and oxygen atoms in total. The van der Waals surface area contributed by atoms with Crippen molar-refractivity contribution in [2.45, 2.75) is 19.3 Å². The Morgan fingerprint density at radius 2 is 2.17 bits per heavy atom. The van der Waals surface area contributed by atoms with Crippen LogP contribution in [0.5, 0.6) is 0 Å². The fraction of sp³-hybridized carbons (Fsp3) is 0.278. The first kappa shape index (κ1) is 15.1. The quantitative estimate of drug-likeness (QED) is 0.791. The lowest BCUT2D eigenvalue weighted by Gasteiger charge is -2.06. The molecule has 2 unspecified atom stereocenters. The Kier molecular flexibility index (Phi) is 3.53. The SMILES string of the molecule is Cc1nn(C)c2ncc(NC(=O)C3CC3c3ccccc3Cl)cc12. The molecule has 1 aromatic carbocycles. The molecule has 4 rings (SSSR count). The maximum atomic E-state index is 12.5. The van der Waals surface area contributed by atoms with Gasteiger partial charge in [-0.2, -0.15) is 5.10 Å². The van der Waals surface area contributed by atoms with Crippen LogP contribution in [-0.2, 0) is 11.8 Å². The van der Waals surface area contributed by atoms with Gasteiger partial charge in [0.25, 0.3) is 0 Å². The number of hydrogen-bond donors (Lipinski definition) is 1. The van der Waals surface area contributed by atoms with Crippen molar-refractivity contribution in [3.8, 4) is 0 Å². The van der Waals surface area contributed by atoms with E-state index in [-0.39, 0.29) is 17.7 Å². The number of halogens is 1. The Bertz CT molecular complexity index is 949. The number of aromatic nitrogens is 3. The fourth-order valence-corrected chi connectivity index (χ4v) is 3.49. The number of amides is 1. The van der Waals surface area contributed by atoms with Gasteiger partial charge in [-0.3, -0.25) is 9.48 Å². The van der Waals surface area contributed by atoms with Crippen LogP contribution in [-0.4, -0.2) is 20.7 Å². The van der Waals surface area contributed by atoms with Gasteiger partial charge in [0.1, 0.15) is 0 Å². The van der Waals surface area contributed by atoms with Gasteiger partial charge in [-0.05, 0) is 37.0 Å². The number of nitrogens with zero attached hydrogens (tertiary/aromatic N) is 3. The lowest BCUT2D eigenvalue weighted by Crippen LogP contribution is -2.14. The highest BCUT2D eigenvalue weighted by Gasteiger charge is 2.44. The van der Waals surface area contributed by atoms with Crippen LogP contribution in [0.1, 0.15) is 23.6 Å². The van der Waals surface area contributed by atoms with Crippen molar-refractivity contribution in [1.82, 2.24) is 14.8 Å². The first-order chi connectivity index (χ1) is 11.5. The summed E-state index contributed by atoms with van der Waals surface area (Å²) in [6.45, 7) is 1.93. The van der Waals surface area contributed by atoms with Gasteiger partial charge in [-0.25, -0.2) is 4.98 Å². The van der Waals surface area contributed by atoms with Gasteiger partial charge in [0.15, 0.2) is 5.65 Å². The van der Waals surface area contributed by atoms with Gasteiger partial charge in [0.2, 0.25) is 5.91 Å². The van der Waals surface area contributed by atoms with Crippen LogP contribution >= 0.6 is 11.6 Å². The second-order valence-electron chi connectivity index (χ2n) is 6.26. The van der Waals surface area contributed by atoms with E-state index in [0.29, 0.717) is 5.69 Å². The molecule has 122 valence electrons. The Hall–Kier alpha value is -2.40. The van der Waals surface area contributed by atoms with E-state index < -0.39 is 0 Å². The summed E-state index contributed by atoms with van der Waals surface area (Å²) in [4.78, 5) is 16.9. The second kappa shape index (κ2) is 5.60. The van der Waals surface area contributed by atoms with Gasteiger partial charge in [0.05, 0.1) is 17.6 Å². The van der Waals surface area contributed by atoms with Gasteiger partial charge in [-0.1, -0.05) is 29.8 Å². The average molecular weight is 341 g/mol. The summed E-state index contributed by atoms with van der Waals surface area (Å²) in [6.07, 6.45) is 2.51. The molecule has 6 heteroatoms. The largest absolute Gasteiger partial charge is 0.324 e. The van der Waals surface area contributed by atoms with Crippen molar-refractivity contribution in [2.75, 3.05) is 5.32 Å². The topological polar surface area (TPSA) is 59.8 Å². The van der Waals surface area contributed by atoms with Crippen molar-refractivity contribution in [2.24, 2.45) is 13.0 Å². The van der Waals surface area contributed by atoms with Gasteiger partial charge >= 0.3 is 0 Å². The van der Waals surface area contributed by atoms with E-state index in [1.54, 1.807) is 10.9 Å². The fourth-order valence-electron chi connectivity index (χ4n) is 3.22. The molecule has 0 aliphatic heterocycles. The number of pyridine rings is 1. The molecule has 3 aromatic rings. The summed E-state index contributed by atoms with van der Waals surface area (Å²) < 4.78 is 1.74. The van der Waals surface area contributed by atoms with Crippen LogP contribution in [0.2, 0.25) is 5.02 Å². The molecular formula is C18H17ClN4O. The molecule has 1 amide bonds. The molecule has 0 spiro atoms. The third kappa shape index (κ3) is 2.55. The van der Waals surface area contributed by atoms with Crippen molar-refractivity contribution >= 4 is 34.2 Å². The summed E-state index contributed by atoms with van der Waals surface area (Å²) in [5, 5.41) is 9.00. The Balaban J connectivity index is 1.51. The Morgan fingerprint density at radius 1 is 1.38 bits per heavy atom. The number of nitrogens with one attached hydrogen (secondary N) is 1. The van der Waals surface area contributed by atoms with Crippen LogP contribution in [0.25, 0.3) is 11.0 Å². The monoisotopic (exact) mass is 340 g/mol. The zero-order valence-electron chi connectivity index (χ0n) is 13.5. The predicted octanol–water partition coefficient (Wildman–Crippen LogP) is 3.67. The first-order valence-corrected chi connectivity index (χ1v) is 8.27. The minimum atomic E-state index is -0.0319. The van der Waals surface area contributed by atoms with E-state index in [2.05, 4.69) is 15.4 Å². The van der Waals surface area contributed by atoms with E-state index in [1.165, 1.54) is 0 Å². The number of fused-ring (bicyclic) bond motifs is 1. The maximum Gasteiger partial charge on any atom is 0.228 e. The highest BCUT2D eigenvalue weighted by atomic mass is 35.5. The number of aryl methyl sites for hydroxylation is 2. The molecule has 0 bridgehead atoms. The minimum absolute atomic E-state index is 0.0163. The number of anilines is 1. The van der Waals surface area contributed by atoms with Crippen LogP contribution in [0, 0.1) is 12.8 Å². The molecule has 2 atom stereocenters. The normalized spacial score (nSPS) is 19.5. The Labute approximate surface area is 144 Å². The lowest BCUT2D eigenvalue weighted by atomic mass is 10.1. The molecule has 1 aliphatic carbocycles. The van der Waals surface area contributed by atoms with E-state index >= 15 is 0 Å². The standard InChI is InChI=1S/C18H17ClN4O/c1-10-13-7-11(9-20-17(13)23(2)22-10)21-18(24)15-8-14(15)12-5-3-4-6-16(12)19/h3-7,9,14-15H,8H2,1-2H3,(H,21,24). The number of carbonyl (C=O) groups excluding carboxylic acids is 1. The summed E-state index contributed by atoms with van der Waals surface area (Å²) in [5.74, 6) is 0.189. The van der Waals surface area contributed by atoms with Gasteiger partial charge in [0, 0.05) is 23.4 Å². The third-order valence-electron chi connectivity index (χ3n) is 4.56. The Morgan fingerprint density at radius 3 is 2.96 bits per heavy atom. The minimum Gasteiger partial charge on any atom is -0.324 e. The zero-order valence-corrected chi connectivity index (χ0v) is 14.2. The highest BCUT2D eigenvalue weighted by molar-refractivity contribution is 6.31. The van der Waals surface area contributed by atoms with E-state index in [9.17, 15) is 4.79 Å². The molecule has 2 heterocycles. The number of carbonyl (C=O) groups is 1. The lowest BCUT2D eigenvalue weighted by molar-refractivity contribution is -0.117. The van der Waals surface area contributed by atoms with Crippen LogP contribution < -0.4 is 5.32 Å². The molecule has 1 N–H and O–H groups in total. The summed E-state index contributed by atoms with van der Waals surface area (Å²) in [7, 11) is 1.86. The number of hydrogen-bond acceptors (Lipinski definition) is 3. The van der Waals surface area contributed by atoms with Gasteiger partial charge in [-0.15, -0.1) is 0 Å². The average Bonchev–Trinajstić information content (AvgIpc) is 3.30. The van der Waals surface area contributed by atoms with Gasteiger partial charge < -0.3 is 5.32 Å². The van der Waals surface area contributed by atoms with E-state index in [4.69, 9.17) is 11.6 Å². The molecule has 0 saturated heterocycles. The first-order valence-electron chi connectivity index (χ1n) is 7.89. The van der Waals surface area contributed by atoms with Crippen LogP contribution in [0.3, 0.4) is 0 Å². The molecule has 2 aromatic heterocycles. The van der Waals surface area contributed by atoms with Crippen molar-refractivity contribution < 1.29 is 4.79 Å². The molecule has 1 fully saturated rings. The van der Waals surface area contributed by atoms with Crippen molar-refractivity contribution in [3.05, 3.63) is 52.8 Å². The van der Waals surface area contributed by atoms with Crippen molar-refractivity contribution in [1.29, 1.82) is 0 Å². The summed E-state index contributed by atoms with van der Waals surface area (Å²) in [5.41, 5.74) is 3.46. The molecule has 1 saturated carbocycles. The third-order valence-corrected chi connectivity index (χ3v) is 4.91. The molecular weight excluding hydrogens is 324 g/mol. The van der Waals surface area contributed by atoms with E-state index in [0.717, 1.165) is 33.7 Å². The van der Waals surface area contributed by atoms with Crippen molar-refractivity contribution in [3.63, 3.8) is 0 Å².